The van der Waals surface area contributed by atoms with Crippen LogP contribution in [0.5, 0.6) is 0 Å². The first-order chi connectivity index (χ1) is 8.73. The summed E-state index contributed by atoms with van der Waals surface area (Å²) in [7, 11) is 0. The van der Waals surface area contributed by atoms with Gasteiger partial charge in [-0.05, 0) is 31.0 Å². The Kier molecular flexibility index (Phi) is 2.53. The van der Waals surface area contributed by atoms with Crippen LogP contribution >= 0.6 is 11.6 Å². The normalized spacial score (nSPS) is 16.0. The van der Waals surface area contributed by atoms with Gasteiger partial charge < -0.3 is 0 Å². The molecule has 0 aliphatic heterocycles. The highest BCUT2D eigenvalue weighted by atomic mass is 35.5. The van der Waals surface area contributed by atoms with Crippen molar-refractivity contribution in [2.24, 2.45) is 0 Å². The standard InChI is InChI=1S/C14H10ClN3/c15-11-3-1-10(2-4-11)12-5-8-17-13(18-12)14(9-16)6-7-14/h1-5,8H,6-7H2. The summed E-state index contributed by atoms with van der Waals surface area (Å²) >= 11 is 5.86. The van der Waals surface area contributed by atoms with Gasteiger partial charge in [0.1, 0.15) is 11.2 Å². The first-order valence-electron chi connectivity index (χ1n) is 5.74. The number of nitrogens with zero attached hydrogens (tertiary/aromatic N) is 3. The van der Waals surface area contributed by atoms with E-state index >= 15 is 0 Å². The smallest absolute Gasteiger partial charge is 0.149 e. The molecule has 3 rings (SSSR count). The lowest BCUT2D eigenvalue weighted by atomic mass is 10.1. The van der Waals surface area contributed by atoms with Crippen LogP contribution in [-0.2, 0) is 5.41 Å². The Balaban J connectivity index is 2.02. The zero-order valence-corrected chi connectivity index (χ0v) is 10.4. The van der Waals surface area contributed by atoms with Crippen molar-refractivity contribution in [3.8, 4) is 17.3 Å². The second kappa shape index (κ2) is 4.08. The molecule has 1 aliphatic rings. The number of rotatable bonds is 2. The fourth-order valence-corrected chi connectivity index (χ4v) is 2.01. The maximum Gasteiger partial charge on any atom is 0.149 e. The van der Waals surface area contributed by atoms with Crippen molar-refractivity contribution in [3.63, 3.8) is 0 Å². The van der Waals surface area contributed by atoms with Crippen molar-refractivity contribution >= 4 is 11.6 Å². The van der Waals surface area contributed by atoms with E-state index in [1.165, 1.54) is 0 Å². The van der Waals surface area contributed by atoms with Gasteiger partial charge in [-0.3, -0.25) is 0 Å². The van der Waals surface area contributed by atoms with Gasteiger partial charge in [0, 0.05) is 16.8 Å². The minimum Gasteiger partial charge on any atom is -0.240 e. The summed E-state index contributed by atoms with van der Waals surface area (Å²) in [5.41, 5.74) is 1.37. The molecular formula is C14H10ClN3. The van der Waals surface area contributed by atoms with Gasteiger partial charge in [-0.1, -0.05) is 23.7 Å². The first kappa shape index (κ1) is 11.2. The molecule has 0 N–H and O–H groups in total. The van der Waals surface area contributed by atoms with Crippen molar-refractivity contribution in [2.75, 3.05) is 0 Å². The minimum absolute atomic E-state index is 0.442. The predicted molar refractivity (Wildman–Crippen MR) is 69.0 cm³/mol. The molecule has 0 unspecified atom stereocenters. The molecule has 1 heterocycles. The quantitative estimate of drug-likeness (QED) is 0.827. The fraction of sp³-hybridized carbons (Fsp3) is 0.214. The Labute approximate surface area is 110 Å². The molecule has 88 valence electrons. The van der Waals surface area contributed by atoms with Crippen LogP contribution < -0.4 is 0 Å². The van der Waals surface area contributed by atoms with Gasteiger partial charge in [-0.25, -0.2) is 9.97 Å². The second-order valence-corrected chi connectivity index (χ2v) is 4.90. The SMILES string of the molecule is N#CC1(c2nccc(-c3ccc(Cl)cc3)n2)CC1. The number of benzene rings is 1. The van der Waals surface area contributed by atoms with Crippen LogP contribution in [0.4, 0.5) is 0 Å². The van der Waals surface area contributed by atoms with Crippen molar-refractivity contribution in [2.45, 2.75) is 18.3 Å². The van der Waals surface area contributed by atoms with Crippen LogP contribution in [0.15, 0.2) is 36.5 Å². The average molecular weight is 256 g/mol. The highest BCUT2D eigenvalue weighted by Gasteiger charge is 2.47. The van der Waals surface area contributed by atoms with E-state index in [-0.39, 0.29) is 0 Å². The molecule has 0 radical (unpaired) electrons. The highest BCUT2D eigenvalue weighted by Crippen LogP contribution is 2.46. The third kappa shape index (κ3) is 1.85. The van der Waals surface area contributed by atoms with E-state index in [2.05, 4.69) is 16.0 Å². The van der Waals surface area contributed by atoms with Crippen molar-refractivity contribution < 1.29 is 0 Å². The van der Waals surface area contributed by atoms with E-state index in [0.717, 1.165) is 24.1 Å². The number of nitriles is 1. The van der Waals surface area contributed by atoms with Gasteiger partial charge in [-0.2, -0.15) is 5.26 Å². The Hall–Kier alpha value is -1.92. The van der Waals surface area contributed by atoms with Crippen LogP contribution in [-0.4, -0.2) is 9.97 Å². The lowest BCUT2D eigenvalue weighted by Gasteiger charge is -2.06. The molecule has 1 aliphatic carbocycles. The van der Waals surface area contributed by atoms with E-state index in [0.29, 0.717) is 10.8 Å². The van der Waals surface area contributed by atoms with Crippen LogP contribution in [0.2, 0.25) is 5.02 Å². The zero-order valence-electron chi connectivity index (χ0n) is 9.60. The topological polar surface area (TPSA) is 49.6 Å². The summed E-state index contributed by atoms with van der Waals surface area (Å²) in [6.45, 7) is 0. The van der Waals surface area contributed by atoms with Crippen LogP contribution in [0.1, 0.15) is 18.7 Å². The largest absolute Gasteiger partial charge is 0.240 e. The Morgan fingerprint density at radius 3 is 2.50 bits per heavy atom. The van der Waals surface area contributed by atoms with Gasteiger partial charge >= 0.3 is 0 Å². The summed E-state index contributed by atoms with van der Waals surface area (Å²) in [6.07, 6.45) is 3.42. The van der Waals surface area contributed by atoms with Crippen LogP contribution in [0, 0.1) is 11.3 Å². The molecule has 0 amide bonds. The summed E-state index contributed by atoms with van der Waals surface area (Å²) in [4.78, 5) is 8.73. The Bertz CT molecular complexity index is 624. The molecule has 4 heteroatoms. The second-order valence-electron chi connectivity index (χ2n) is 4.47. The van der Waals surface area contributed by atoms with Crippen LogP contribution in [0.25, 0.3) is 11.3 Å². The molecule has 0 atom stereocenters. The number of hydrogen-bond donors (Lipinski definition) is 0. The van der Waals surface area contributed by atoms with E-state index in [9.17, 15) is 0 Å². The van der Waals surface area contributed by atoms with Gasteiger partial charge in [-0.15, -0.1) is 0 Å². The van der Waals surface area contributed by atoms with Crippen molar-refractivity contribution in [1.82, 2.24) is 9.97 Å². The molecule has 0 spiro atoms. The Morgan fingerprint density at radius 2 is 1.89 bits per heavy atom. The molecule has 0 bridgehead atoms. The molecule has 1 fully saturated rings. The predicted octanol–water partition coefficient (Wildman–Crippen LogP) is 3.35. The maximum absolute atomic E-state index is 9.16. The van der Waals surface area contributed by atoms with E-state index < -0.39 is 5.41 Å². The molecule has 1 saturated carbocycles. The molecule has 3 nitrogen and oxygen atoms in total. The number of hydrogen-bond acceptors (Lipinski definition) is 3. The minimum atomic E-state index is -0.442. The van der Waals surface area contributed by atoms with Gasteiger partial charge in [0.25, 0.3) is 0 Å². The molecule has 0 saturated heterocycles. The average Bonchev–Trinajstić information content (AvgIpc) is 3.21. The Morgan fingerprint density at radius 1 is 1.17 bits per heavy atom. The summed E-state index contributed by atoms with van der Waals surface area (Å²) in [5, 5.41) is 9.86. The lowest BCUT2D eigenvalue weighted by molar-refractivity contribution is 0.799. The highest BCUT2D eigenvalue weighted by molar-refractivity contribution is 6.30. The third-order valence-electron chi connectivity index (χ3n) is 3.19. The number of aromatic nitrogens is 2. The monoisotopic (exact) mass is 255 g/mol. The first-order valence-corrected chi connectivity index (χ1v) is 6.12. The van der Waals surface area contributed by atoms with Gasteiger partial charge in [0.2, 0.25) is 0 Å². The van der Waals surface area contributed by atoms with Gasteiger partial charge in [0.05, 0.1) is 11.8 Å². The molecular weight excluding hydrogens is 246 g/mol. The maximum atomic E-state index is 9.16. The molecule has 1 aromatic heterocycles. The third-order valence-corrected chi connectivity index (χ3v) is 3.44. The molecule has 1 aromatic carbocycles. The molecule has 2 aromatic rings. The summed E-state index contributed by atoms with van der Waals surface area (Å²) in [6, 6.07) is 11.7. The van der Waals surface area contributed by atoms with E-state index in [4.69, 9.17) is 16.9 Å². The summed E-state index contributed by atoms with van der Waals surface area (Å²) < 4.78 is 0. The lowest BCUT2D eigenvalue weighted by Crippen LogP contribution is -2.08. The van der Waals surface area contributed by atoms with E-state index in [1.807, 2.05) is 30.3 Å². The number of halogens is 1. The van der Waals surface area contributed by atoms with Crippen molar-refractivity contribution in [1.29, 1.82) is 5.26 Å². The summed E-state index contributed by atoms with van der Waals surface area (Å²) in [5.74, 6) is 0.637. The molecule has 18 heavy (non-hydrogen) atoms. The van der Waals surface area contributed by atoms with Crippen molar-refractivity contribution in [3.05, 3.63) is 47.4 Å². The fourth-order valence-electron chi connectivity index (χ4n) is 1.88. The van der Waals surface area contributed by atoms with Crippen LogP contribution in [0.3, 0.4) is 0 Å². The van der Waals surface area contributed by atoms with Gasteiger partial charge in [0.15, 0.2) is 0 Å². The zero-order chi connectivity index (χ0) is 12.6. The van der Waals surface area contributed by atoms with E-state index in [1.54, 1.807) is 6.20 Å².